The molecule has 0 bridgehead atoms. The molecule has 2 N–H and O–H groups in total. The van der Waals surface area contributed by atoms with Gasteiger partial charge in [-0.05, 0) is 12.1 Å². The molecule has 1 aromatic carbocycles. The van der Waals surface area contributed by atoms with Crippen molar-refractivity contribution in [3.8, 4) is 11.5 Å². The van der Waals surface area contributed by atoms with E-state index >= 15 is 0 Å². The zero-order valence-corrected chi connectivity index (χ0v) is 7.61. The second-order valence-electron chi connectivity index (χ2n) is 3.22. The number of hydrogen-bond donors (Lipinski definition) is 2. The first-order valence-corrected chi connectivity index (χ1v) is 4.08. The predicted molar refractivity (Wildman–Crippen MR) is 48.9 cm³/mol. The van der Waals surface area contributed by atoms with Gasteiger partial charge < -0.3 is 10.2 Å². The maximum atomic E-state index is 11.4. The van der Waals surface area contributed by atoms with Gasteiger partial charge in [-0.3, -0.25) is 4.79 Å². The fraction of sp³-hybridized carbons (Fsp3) is 0.300. The molecular formula is C10H12O3. The molecule has 0 aliphatic carbocycles. The maximum absolute atomic E-state index is 11.4. The summed E-state index contributed by atoms with van der Waals surface area (Å²) in [6.07, 6.45) is 0. The van der Waals surface area contributed by atoms with Crippen LogP contribution in [-0.2, 0) is 0 Å². The number of aromatic hydroxyl groups is 2. The van der Waals surface area contributed by atoms with Crippen molar-refractivity contribution in [1.29, 1.82) is 0 Å². The predicted octanol–water partition coefficient (Wildman–Crippen LogP) is 1.94. The molecule has 1 aromatic rings. The standard InChI is InChI=1S/C10H12O3/c1-6(2)10(13)8-4-3-7(11)5-9(8)12/h3-6,11-12H,1-2H3. The van der Waals surface area contributed by atoms with E-state index in [1.54, 1.807) is 13.8 Å². The van der Waals surface area contributed by atoms with E-state index in [9.17, 15) is 9.90 Å². The highest BCUT2D eigenvalue weighted by Gasteiger charge is 2.14. The zero-order chi connectivity index (χ0) is 10.0. The lowest BCUT2D eigenvalue weighted by Gasteiger charge is -2.06. The Morgan fingerprint density at radius 1 is 1.31 bits per heavy atom. The van der Waals surface area contributed by atoms with Crippen LogP contribution in [0.1, 0.15) is 24.2 Å². The molecule has 3 heteroatoms. The lowest BCUT2D eigenvalue weighted by atomic mass is 10.0. The monoisotopic (exact) mass is 180 g/mol. The van der Waals surface area contributed by atoms with Crippen molar-refractivity contribution < 1.29 is 15.0 Å². The van der Waals surface area contributed by atoms with Crippen LogP contribution in [0, 0.1) is 5.92 Å². The van der Waals surface area contributed by atoms with Crippen LogP contribution in [-0.4, -0.2) is 16.0 Å². The molecule has 1 rings (SSSR count). The highest BCUT2D eigenvalue weighted by atomic mass is 16.3. The normalized spacial score (nSPS) is 10.4. The molecule has 0 saturated heterocycles. The molecule has 0 saturated carbocycles. The third-order valence-electron chi connectivity index (χ3n) is 1.77. The van der Waals surface area contributed by atoms with E-state index < -0.39 is 0 Å². The molecule has 0 amide bonds. The van der Waals surface area contributed by atoms with Gasteiger partial charge in [0.25, 0.3) is 0 Å². The second-order valence-corrected chi connectivity index (χ2v) is 3.22. The van der Waals surface area contributed by atoms with Gasteiger partial charge in [-0.25, -0.2) is 0 Å². The van der Waals surface area contributed by atoms with Crippen molar-refractivity contribution in [2.75, 3.05) is 0 Å². The van der Waals surface area contributed by atoms with Gasteiger partial charge in [0.05, 0.1) is 5.56 Å². The van der Waals surface area contributed by atoms with Crippen LogP contribution in [0.3, 0.4) is 0 Å². The number of hydrogen-bond acceptors (Lipinski definition) is 3. The van der Waals surface area contributed by atoms with Gasteiger partial charge >= 0.3 is 0 Å². The number of phenols is 2. The van der Waals surface area contributed by atoms with E-state index in [2.05, 4.69) is 0 Å². The fourth-order valence-corrected chi connectivity index (χ4v) is 1.04. The fourth-order valence-electron chi connectivity index (χ4n) is 1.04. The van der Waals surface area contributed by atoms with E-state index in [0.717, 1.165) is 6.07 Å². The maximum Gasteiger partial charge on any atom is 0.169 e. The number of carbonyl (C=O) groups is 1. The Morgan fingerprint density at radius 2 is 1.92 bits per heavy atom. The minimum absolute atomic E-state index is 0.0437. The third kappa shape index (κ3) is 1.99. The molecule has 13 heavy (non-hydrogen) atoms. The van der Waals surface area contributed by atoms with Gasteiger partial charge in [-0.1, -0.05) is 13.8 Å². The summed E-state index contributed by atoms with van der Waals surface area (Å²) in [4.78, 5) is 11.4. The first kappa shape index (κ1) is 9.58. The smallest absolute Gasteiger partial charge is 0.169 e. The summed E-state index contributed by atoms with van der Waals surface area (Å²) in [5.41, 5.74) is 0.257. The van der Waals surface area contributed by atoms with Crippen LogP contribution in [0.5, 0.6) is 11.5 Å². The molecular weight excluding hydrogens is 168 g/mol. The number of phenolic OH excluding ortho intramolecular Hbond substituents is 2. The number of ketones is 1. The minimum Gasteiger partial charge on any atom is -0.508 e. The largest absolute Gasteiger partial charge is 0.508 e. The first-order chi connectivity index (χ1) is 6.02. The molecule has 3 nitrogen and oxygen atoms in total. The van der Waals surface area contributed by atoms with Crippen LogP contribution >= 0.6 is 0 Å². The third-order valence-corrected chi connectivity index (χ3v) is 1.77. The summed E-state index contributed by atoms with van der Waals surface area (Å²) in [5, 5.41) is 18.3. The van der Waals surface area contributed by atoms with Crippen LogP contribution in [0.4, 0.5) is 0 Å². The summed E-state index contributed by atoms with van der Waals surface area (Å²) in [7, 11) is 0. The second kappa shape index (κ2) is 3.47. The SMILES string of the molecule is CC(C)C(=O)c1ccc(O)cc1O. The van der Waals surface area contributed by atoms with Crippen LogP contribution in [0.25, 0.3) is 0 Å². The number of benzene rings is 1. The van der Waals surface area contributed by atoms with Crippen molar-refractivity contribution in [3.05, 3.63) is 23.8 Å². The van der Waals surface area contributed by atoms with Gasteiger partial charge in [-0.2, -0.15) is 0 Å². The Balaban J connectivity index is 3.09. The van der Waals surface area contributed by atoms with Crippen molar-refractivity contribution in [3.63, 3.8) is 0 Å². The average molecular weight is 180 g/mol. The quantitative estimate of drug-likeness (QED) is 0.684. The van der Waals surface area contributed by atoms with Crippen LogP contribution in [0.15, 0.2) is 18.2 Å². The van der Waals surface area contributed by atoms with E-state index in [0.29, 0.717) is 0 Å². The number of rotatable bonds is 2. The first-order valence-electron chi connectivity index (χ1n) is 4.08. The van der Waals surface area contributed by atoms with Gasteiger partial charge in [0.1, 0.15) is 11.5 Å². The van der Waals surface area contributed by atoms with Crippen molar-refractivity contribution in [1.82, 2.24) is 0 Å². The summed E-state index contributed by atoms with van der Waals surface area (Å²) < 4.78 is 0. The van der Waals surface area contributed by atoms with E-state index in [4.69, 9.17) is 5.11 Å². The number of carbonyl (C=O) groups excluding carboxylic acids is 1. The van der Waals surface area contributed by atoms with Gasteiger partial charge in [0.2, 0.25) is 0 Å². The number of Topliss-reactive ketones (excluding diaryl/α,β-unsaturated/α-hetero) is 1. The Labute approximate surface area is 76.6 Å². The van der Waals surface area contributed by atoms with Crippen LogP contribution < -0.4 is 0 Å². The lowest BCUT2D eigenvalue weighted by molar-refractivity contribution is 0.0936. The van der Waals surface area contributed by atoms with Gasteiger partial charge in [0.15, 0.2) is 5.78 Å². The lowest BCUT2D eigenvalue weighted by Crippen LogP contribution is -2.07. The van der Waals surface area contributed by atoms with Crippen molar-refractivity contribution in [2.45, 2.75) is 13.8 Å². The minimum atomic E-state index is -0.168. The topological polar surface area (TPSA) is 57.5 Å². The Hall–Kier alpha value is -1.51. The molecule has 0 aromatic heterocycles. The zero-order valence-electron chi connectivity index (χ0n) is 7.61. The summed E-state index contributed by atoms with van der Waals surface area (Å²) in [5.74, 6) is -0.496. The molecule has 0 unspecified atom stereocenters. The molecule has 0 fully saturated rings. The molecule has 0 heterocycles. The Morgan fingerprint density at radius 3 is 2.38 bits per heavy atom. The van der Waals surface area contributed by atoms with Crippen molar-refractivity contribution >= 4 is 5.78 Å². The Kier molecular flexibility index (Phi) is 2.56. The summed E-state index contributed by atoms with van der Waals surface area (Å²) in [6, 6.07) is 3.97. The van der Waals surface area contributed by atoms with E-state index in [-0.39, 0.29) is 28.8 Å². The summed E-state index contributed by atoms with van der Waals surface area (Å²) >= 11 is 0. The molecule has 70 valence electrons. The Bertz CT molecular complexity index is 329. The molecule has 0 atom stereocenters. The van der Waals surface area contributed by atoms with Gasteiger partial charge in [-0.15, -0.1) is 0 Å². The van der Waals surface area contributed by atoms with Crippen molar-refractivity contribution in [2.24, 2.45) is 5.92 Å². The molecule has 0 radical (unpaired) electrons. The highest BCUT2D eigenvalue weighted by Crippen LogP contribution is 2.24. The summed E-state index contributed by atoms with van der Waals surface area (Å²) in [6.45, 7) is 3.52. The molecule has 0 spiro atoms. The molecule has 0 aliphatic heterocycles. The van der Waals surface area contributed by atoms with E-state index in [1.165, 1.54) is 12.1 Å². The highest BCUT2D eigenvalue weighted by molar-refractivity contribution is 5.99. The van der Waals surface area contributed by atoms with Crippen LogP contribution in [0.2, 0.25) is 0 Å². The van der Waals surface area contributed by atoms with E-state index in [1.807, 2.05) is 0 Å². The van der Waals surface area contributed by atoms with Gasteiger partial charge in [0, 0.05) is 12.0 Å². The molecule has 0 aliphatic rings. The average Bonchev–Trinajstić information content (AvgIpc) is 2.03.